The van der Waals surface area contributed by atoms with Gasteiger partial charge in [0.15, 0.2) is 0 Å². The fraction of sp³-hybridized carbons (Fsp3) is 0.250. The number of rotatable bonds is 2. The van der Waals surface area contributed by atoms with Gasteiger partial charge in [0.25, 0.3) is 0 Å². The minimum atomic E-state index is 1.27. The zero-order chi connectivity index (χ0) is 12.4. The van der Waals surface area contributed by atoms with Crippen molar-refractivity contribution in [1.82, 2.24) is 0 Å². The summed E-state index contributed by atoms with van der Waals surface area (Å²) in [5.74, 6) is 0. The third kappa shape index (κ3) is 2.19. The molecule has 0 unspecified atom stereocenters. The van der Waals surface area contributed by atoms with Gasteiger partial charge in [-0.15, -0.1) is 0 Å². The second-order valence-corrected chi connectivity index (χ2v) is 4.59. The minimum Gasteiger partial charge on any atom is -0.344 e. The molecular formula is C16H19N. The highest BCUT2D eigenvalue weighted by molar-refractivity contribution is 5.70. The molecule has 0 saturated carbocycles. The molecule has 2 aromatic rings. The summed E-state index contributed by atoms with van der Waals surface area (Å²) >= 11 is 0. The Morgan fingerprint density at radius 2 is 1.24 bits per heavy atom. The first-order chi connectivity index (χ1) is 8.11. The monoisotopic (exact) mass is 225 g/mol. The van der Waals surface area contributed by atoms with Gasteiger partial charge < -0.3 is 4.90 Å². The molecule has 0 bridgehead atoms. The van der Waals surface area contributed by atoms with Gasteiger partial charge >= 0.3 is 0 Å². The Hall–Kier alpha value is -1.76. The maximum Gasteiger partial charge on any atom is 0.0467 e. The van der Waals surface area contributed by atoms with Gasteiger partial charge in [0, 0.05) is 18.4 Å². The quantitative estimate of drug-likeness (QED) is 0.733. The molecule has 0 aliphatic rings. The van der Waals surface area contributed by atoms with E-state index in [2.05, 4.69) is 75.2 Å². The first-order valence-corrected chi connectivity index (χ1v) is 5.97. The molecule has 0 fully saturated rings. The number of para-hydroxylation sites is 2. The standard InChI is InChI=1S/C16H19N/c1-12-8-5-6-11-15(12)17(4)16-13(2)9-7-10-14(16)3/h5-11H,1-4H3. The summed E-state index contributed by atoms with van der Waals surface area (Å²) in [5, 5.41) is 0. The van der Waals surface area contributed by atoms with Crippen LogP contribution < -0.4 is 4.90 Å². The summed E-state index contributed by atoms with van der Waals surface area (Å²) in [5.41, 5.74) is 6.51. The van der Waals surface area contributed by atoms with E-state index in [1.165, 1.54) is 28.1 Å². The maximum absolute atomic E-state index is 2.28. The molecule has 0 heterocycles. The first-order valence-electron chi connectivity index (χ1n) is 5.97. The lowest BCUT2D eigenvalue weighted by Gasteiger charge is -2.25. The van der Waals surface area contributed by atoms with Crippen LogP contribution in [0.4, 0.5) is 11.4 Å². The molecule has 0 saturated heterocycles. The summed E-state index contributed by atoms with van der Waals surface area (Å²) in [6.45, 7) is 6.48. The van der Waals surface area contributed by atoms with Gasteiger partial charge in [0.05, 0.1) is 0 Å². The number of hydrogen-bond donors (Lipinski definition) is 0. The molecule has 0 amide bonds. The van der Waals surface area contributed by atoms with Crippen molar-refractivity contribution in [3.63, 3.8) is 0 Å². The van der Waals surface area contributed by atoms with Crippen LogP contribution in [0.1, 0.15) is 16.7 Å². The van der Waals surface area contributed by atoms with Gasteiger partial charge in [0.2, 0.25) is 0 Å². The number of benzene rings is 2. The molecule has 0 spiro atoms. The lowest BCUT2D eigenvalue weighted by molar-refractivity contribution is 1.14. The van der Waals surface area contributed by atoms with E-state index in [0.29, 0.717) is 0 Å². The average molecular weight is 225 g/mol. The highest BCUT2D eigenvalue weighted by Gasteiger charge is 2.10. The molecule has 88 valence electrons. The number of hydrogen-bond acceptors (Lipinski definition) is 1. The highest BCUT2D eigenvalue weighted by atomic mass is 15.1. The Morgan fingerprint density at radius 3 is 1.82 bits per heavy atom. The van der Waals surface area contributed by atoms with Crippen LogP contribution in [0.5, 0.6) is 0 Å². The lowest BCUT2D eigenvalue weighted by Crippen LogP contribution is -2.13. The Balaban J connectivity index is 2.51. The van der Waals surface area contributed by atoms with Crippen LogP contribution >= 0.6 is 0 Å². The van der Waals surface area contributed by atoms with E-state index in [1.807, 2.05) is 0 Å². The second-order valence-electron chi connectivity index (χ2n) is 4.59. The molecule has 0 N–H and O–H groups in total. The van der Waals surface area contributed by atoms with Crippen molar-refractivity contribution in [2.45, 2.75) is 20.8 Å². The molecule has 0 radical (unpaired) electrons. The molecular weight excluding hydrogens is 206 g/mol. The van der Waals surface area contributed by atoms with E-state index < -0.39 is 0 Å². The zero-order valence-electron chi connectivity index (χ0n) is 11.0. The lowest BCUT2D eigenvalue weighted by atomic mass is 10.1. The molecule has 2 rings (SSSR count). The van der Waals surface area contributed by atoms with E-state index >= 15 is 0 Å². The van der Waals surface area contributed by atoms with E-state index in [4.69, 9.17) is 0 Å². The summed E-state index contributed by atoms with van der Waals surface area (Å²) in [7, 11) is 2.14. The zero-order valence-corrected chi connectivity index (χ0v) is 11.0. The van der Waals surface area contributed by atoms with E-state index in [0.717, 1.165) is 0 Å². The summed E-state index contributed by atoms with van der Waals surface area (Å²) in [6, 6.07) is 14.9. The van der Waals surface area contributed by atoms with Crippen LogP contribution in [-0.4, -0.2) is 7.05 Å². The van der Waals surface area contributed by atoms with Gasteiger partial charge in [-0.25, -0.2) is 0 Å². The fourth-order valence-corrected chi connectivity index (χ4v) is 2.39. The van der Waals surface area contributed by atoms with Crippen LogP contribution in [0.3, 0.4) is 0 Å². The molecule has 2 aromatic carbocycles. The van der Waals surface area contributed by atoms with E-state index in [9.17, 15) is 0 Å². The van der Waals surface area contributed by atoms with Gasteiger partial charge in [-0.2, -0.15) is 0 Å². The van der Waals surface area contributed by atoms with Crippen LogP contribution in [0.15, 0.2) is 42.5 Å². The largest absolute Gasteiger partial charge is 0.344 e. The normalized spacial score (nSPS) is 10.4. The third-order valence-corrected chi connectivity index (χ3v) is 3.25. The van der Waals surface area contributed by atoms with Crippen molar-refractivity contribution in [3.8, 4) is 0 Å². The van der Waals surface area contributed by atoms with Gasteiger partial charge in [-0.3, -0.25) is 0 Å². The highest BCUT2D eigenvalue weighted by Crippen LogP contribution is 2.31. The van der Waals surface area contributed by atoms with Crippen molar-refractivity contribution >= 4 is 11.4 Å². The first kappa shape index (κ1) is 11.7. The fourth-order valence-electron chi connectivity index (χ4n) is 2.39. The van der Waals surface area contributed by atoms with E-state index in [1.54, 1.807) is 0 Å². The van der Waals surface area contributed by atoms with E-state index in [-0.39, 0.29) is 0 Å². The molecule has 0 aliphatic carbocycles. The Labute approximate surface area is 104 Å². The smallest absolute Gasteiger partial charge is 0.0467 e. The van der Waals surface area contributed by atoms with Crippen molar-refractivity contribution in [2.75, 3.05) is 11.9 Å². The average Bonchev–Trinajstić information content (AvgIpc) is 2.29. The Morgan fingerprint density at radius 1 is 0.706 bits per heavy atom. The van der Waals surface area contributed by atoms with Crippen molar-refractivity contribution < 1.29 is 0 Å². The summed E-state index contributed by atoms with van der Waals surface area (Å²) in [4.78, 5) is 2.28. The van der Waals surface area contributed by atoms with Crippen LogP contribution in [0.2, 0.25) is 0 Å². The SMILES string of the molecule is Cc1ccccc1N(C)c1c(C)cccc1C. The summed E-state index contributed by atoms with van der Waals surface area (Å²) < 4.78 is 0. The second kappa shape index (κ2) is 4.62. The van der Waals surface area contributed by atoms with Crippen LogP contribution in [0, 0.1) is 20.8 Å². The molecule has 0 atom stereocenters. The Bertz CT molecular complexity index is 509. The molecule has 17 heavy (non-hydrogen) atoms. The summed E-state index contributed by atoms with van der Waals surface area (Å²) in [6.07, 6.45) is 0. The van der Waals surface area contributed by atoms with Crippen molar-refractivity contribution in [2.24, 2.45) is 0 Å². The predicted molar refractivity (Wildman–Crippen MR) is 75.2 cm³/mol. The van der Waals surface area contributed by atoms with Crippen molar-refractivity contribution in [3.05, 3.63) is 59.2 Å². The molecule has 1 heteroatoms. The number of nitrogens with zero attached hydrogens (tertiary/aromatic N) is 1. The van der Waals surface area contributed by atoms with Gasteiger partial charge in [-0.05, 0) is 43.5 Å². The van der Waals surface area contributed by atoms with Crippen LogP contribution in [-0.2, 0) is 0 Å². The third-order valence-electron chi connectivity index (χ3n) is 3.25. The number of aryl methyl sites for hydroxylation is 3. The van der Waals surface area contributed by atoms with Gasteiger partial charge in [-0.1, -0.05) is 36.4 Å². The topological polar surface area (TPSA) is 3.24 Å². The number of anilines is 2. The molecule has 1 nitrogen and oxygen atoms in total. The molecule has 0 aliphatic heterocycles. The minimum absolute atomic E-state index is 1.27. The molecule has 0 aromatic heterocycles. The van der Waals surface area contributed by atoms with Crippen molar-refractivity contribution in [1.29, 1.82) is 0 Å². The van der Waals surface area contributed by atoms with Crippen LogP contribution in [0.25, 0.3) is 0 Å². The maximum atomic E-state index is 2.28. The van der Waals surface area contributed by atoms with Gasteiger partial charge in [0.1, 0.15) is 0 Å². The predicted octanol–water partition coefficient (Wildman–Crippen LogP) is 4.38. The Kier molecular flexibility index (Phi) is 3.19.